The van der Waals surface area contributed by atoms with Crippen molar-refractivity contribution in [3.8, 4) is 5.82 Å². The van der Waals surface area contributed by atoms with Crippen LogP contribution in [0.3, 0.4) is 0 Å². The molecule has 0 saturated carbocycles. The average Bonchev–Trinajstić information content (AvgIpc) is 2.73. The monoisotopic (exact) mass is 301 g/mol. The van der Waals surface area contributed by atoms with E-state index in [2.05, 4.69) is 20.1 Å². The molecule has 0 amide bonds. The Hall–Kier alpha value is -1.86. The maximum absolute atomic E-state index is 13.7. The van der Waals surface area contributed by atoms with E-state index < -0.39 is 11.6 Å². The summed E-state index contributed by atoms with van der Waals surface area (Å²) in [6, 6.07) is 0.695. The van der Waals surface area contributed by atoms with Gasteiger partial charge in [0, 0.05) is 6.07 Å². The van der Waals surface area contributed by atoms with Crippen molar-refractivity contribution in [1.29, 1.82) is 0 Å². The van der Waals surface area contributed by atoms with Crippen molar-refractivity contribution in [2.75, 3.05) is 0 Å². The predicted octanol–water partition coefficient (Wildman–Crippen LogP) is 2.80. The minimum atomic E-state index is -0.879. The Balaban J connectivity index is 2.31. The summed E-state index contributed by atoms with van der Waals surface area (Å²) in [5.74, 6) is -1.87. The first-order chi connectivity index (χ1) is 9.06. The quantitative estimate of drug-likeness (QED) is 0.512. The Morgan fingerprint density at radius 2 is 1.89 bits per heavy atom. The third kappa shape index (κ3) is 2.00. The second-order valence-corrected chi connectivity index (χ2v) is 4.23. The number of halogens is 4. The standard InChI is InChI=1S/C10H3Cl2F2N5/c11-7-5-3-16-19(8(5)18-10(12)17-7)9-6(14)1-4(13)2-15-9/h1-3H. The van der Waals surface area contributed by atoms with Crippen molar-refractivity contribution < 1.29 is 8.78 Å². The van der Waals surface area contributed by atoms with E-state index in [9.17, 15) is 8.78 Å². The molecule has 0 unspecified atom stereocenters. The second-order valence-electron chi connectivity index (χ2n) is 3.54. The molecule has 0 spiro atoms. The molecule has 0 aliphatic carbocycles. The molecule has 0 N–H and O–H groups in total. The summed E-state index contributed by atoms with van der Waals surface area (Å²) in [7, 11) is 0. The molecule has 0 aliphatic heterocycles. The van der Waals surface area contributed by atoms with Gasteiger partial charge in [-0.05, 0) is 11.6 Å². The van der Waals surface area contributed by atoms with Gasteiger partial charge in [0.2, 0.25) is 5.28 Å². The number of hydrogen-bond acceptors (Lipinski definition) is 4. The molecule has 0 fully saturated rings. The minimum Gasteiger partial charge on any atom is -0.231 e. The number of pyridine rings is 1. The minimum absolute atomic E-state index is 0.0868. The van der Waals surface area contributed by atoms with Gasteiger partial charge in [-0.3, -0.25) is 0 Å². The zero-order chi connectivity index (χ0) is 13.6. The summed E-state index contributed by atoms with van der Waals surface area (Å²) in [4.78, 5) is 11.3. The molecule has 0 aliphatic rings. The van der Waals surface area contributed by atoms with Gasteiger partial charge >= 0.3 is 0 Å². The molecule has 3 heterocycles. The van der Waals surface area contributed by atoms with Gasteiger partial charge in [-0.15, -0.1) is 0 Å². The topological polar surface area (TPSA) is 56.5 Å². The summed E-state index contributed by atoms with van der Waals surface area (Å²) >= 11 is 11.5. The predicted molar refractivity (Wildman–Crippen MR) is 64.4 cm³/mol. The highest BCUT2D eigenvalue weighted by Crippen LogP contribution is 2.24. The molecule has 5 nitrogen and oxygen atoms in total. The smallest absolute Gasteiger partial charge is 0.225 e. The van der Waals surface area contributed by atoms with E-state index >= 15 is 0 Å². The van der Waals surface area contributed by atoms with Crippen molar-refractivity contribution in [3.63, 3.8) is 0 Å². The van der Waals surface area contributed by atoms with E-state index in [1.165, 1.54) is 6.20 Å². The number of hydrogen-bond donors (Lipinski definition) is 0. The largest absolute Gasteiger partial charge is 0.231 e. The lowest BCUT2D eigenvalue weighted by Gasteiger charge is -2.03. The lowest BCUT2D eigenvalue weighted by molar-refractivity contribution is 0.561. The summed E-state index contributed by atoms with van der Waals surface area (Å²) in [6.07, 6.45) is 2.22. The van der Waals surface area contributed by atoms with Crippen LogP contribution in [-0.2, 0) is 0 Å². The maximum atomic E-state index is 13.7. The molecule has 0 radical (unpaired) electrons. The second kappa shape index (κ2) is 4.36. The zero-order valence-electron chi connectivity index (χ0n) is 8.98. The number of aromatic nitrogens is 5. The van der Waals surface area contributed by atoms with Crippen LogP contribution in [0.15, 0.2) is 18.5 Å². The number of fused-ring (bicyclic) bond motifs is 1. The Morgan fingerprint density at radius 1 is 1.11 bits per heavy atom. The van der Waals surface area contributed by atoms with Crippen molar-refractivity contribution >= 4 is 34.2 Å². The van der Waals surface area contributed by atoms with Gasteiger partial charge in [0.25, 0.3) is 0 Å². The Bertz CT molecular complexity index is 789. The van der Waals surface area contributed by atoms with Crippen molar-refractivity contribution in [2.24, 2.45) is 0 Å². The van der Waals surface area contributed by atoms with Crippen LogP contribution in [0.25, 0.3) is 16.9 Å². The van der Waals surface area contributed by atoms with Crippen molar-refractivity contribution in [1.82, 2.24) is 24.7 Å². The van der Waals surface area contributed by atoms with E-state index in [0.29, 0.717) is 11.5 Å². The molecule has 3 aromatic heterocycles. The maximum Gasteiger partial charge on any atom is 0.225 e. The highest BCUT2D eigenvalue weighted by molar-refractivity contribution is 6.35. The highest BCUT2D eigenvalue weighted by Gasteiger charge is 2.16. The molecule has 9 heteroatoms. The van der Waals surface area contributed by atoms with E-state index in [1.54, 1.807) is 0 Å². The summed E-state index contributed by atoms with van der Waals surface area (Å²) in [6.45, 7) is 0. The van der Waals surface area contributed by atoms with Crippen LogP contribution in [0.5, 0.6) is 0 Å². The van der Waals surface area contributed by atoms with E-state index in [-0.39, 0.29) is 21.9 Å². The number of nitrogens with zero attached hydrogens (tertiary/aromatic N) is 5. The normalized spacial score (nSPS) is 11.2. The molecular formula is C10H3Cl2F2N5. The zero-order valence-corrected chi connectivity index (χ0v) is 10.5. The lowest BCUT2D eigenvalue weighted by Crippen LogP contribution is -2.04. The first-order valence-corrected chi connectivity index (χ1v) is 5.70. The van der Waals surface area contributed by atoms with Crippen LogP contribution in [0.2, 0.25) is 10.4 Å². The van der Waals surface area contributed by atoms with Gasteiger partial charge in [-0.2, -0.15) is 14.8 Å². The molecular weight excluding hydrogens is 299 g/mol. The van der Waals surface area contributed by atoms with E-state index in [4.69, 9.17) is 23.2 Å². The summed E-state index contributed by atoms with van der Waals surface area (Å²) in [5.41, 5.74) is 0.183. The van der Waals surface area contributed by atoms with Crippen LogP contribution >= 0.6 is 23.2 Å². The van der Waals surface area contributed by atoms with Crippen molar-refractivity contribution in [2.45, 2.75) is 0 Å². The van der Waals surface area contributed by atoms with Gasteiger partial charge in [-0.1, -0.05) is 11.6 Å². The van der Waals surface area contributed by atoms with Crippen LogP contribution < -0.4 is 0 Å². The van der Waals surface area contributed by atoms with E-state index in [0.717, 1.165) is 10.9 Å². The van der Waals surface area contributed by atoms with Gasteiger partial charge in [-0.25, -0.2) is 18.7 Å². The highest BCUT2D eigenvalue weighted by atomic mass is 35.5. The Morgan fingerprint density at radius 3 is 2.63 bits per heavy atom. The lowest BCUT2D eigenvalue weighted by atomic mass is 10.4. The molecule has 96 valence electrons. The van der Waals surface area contributed by atoms with Crippen LogP contribution in [0.1, 0.15) is 0 Å². The molecule has 0 atom stereocenters. The van der Waals surface area contributed by atoms with Gasteiger partial charge in [0.05, 0.1) is 17.8 Å². The van der Waals surface area contributed by atoms with Crippen molar-refractivity contribution in [3.05, 3.63) is 40.5 Å². The fourth-order valence-electron chi connectivity index (χ4n) is 1.57. The SMILES string of the molecule is Fc1cnc(-n2ncc3c(Cl)nc(Cl)nc32)c(F)c1. The molecule has 3 rings (SSSR count). The molecule has 0 saturated heterocycles. The van der Waals surface area contributed by atoms with Gasteiger partial charge < -0.3 is 0 Å². The van der Waals surface area contributed by atoms with Crippen LogP contribution in [0, 0.1) is 11.6 Å². The van der Waals surface area contributed by atoms with Gasteiger partial charge in [0.1, 0.15) is 11.0 Å². The molecule has 0 aromatic carbocycles. The molecule has 0 bridgehead atoms. The number of rotatable bonds is 1. The Labute approximate surface area is 114 Å². The van der Waals surface area contributed by atoms with E-state index in [1.807, 2.05) is 0 Å². The summed E-state index contributed by atoms with van der Waals surface area (Å²) < 4.78 is 27.6. The van der Waals surface area contributed by atoms with Gasteiger partial charge in [0.15, 0.2) is 17.3 Å². The summed E-state index contributed by atoms with van der Waals surface area (Å²) in [5, 5.41) is 4.27. The fourth-order valence-corrected chi connectivity index (χ4v) is 1.99. The first-order valence-electron chi connectivity index (χ1n) is 4.94. The Kier molecular flexibility index (Phi) is 2.79. The third-order valence-corrected chi connectivity index (χ3v) is 2.80. The van der Waals surface area contributed by atoms with Crippen LogP contribution in [0.4, 0.5) is 8.78 Å². The third-order valence-electron chi connectivity index (χ3n) is 2.34. The van der Waals surface area contributed by atoms with Crippen LogP contribution in [-0.4, -0.2) is 24.7 Å². The fraction of sp³-hybridized carbons (Fsp3) is 0. The first kappa shape index (κ1) is 12.2. The average molecular weight is 302 g/mol. The molecule has 3 aromatic rings. The molecule has 19 heavy (non-hydrogen) atoms.